The fraction of sp³-hybridized carbons (Fsp3) is 0.120. The number of Topliss-reactive ketones (excluding diaryl/α,β-unsaturated/α-hetero) is 1. The largest absolute Gasteiger partial charge is 0.422 e. The molecule has 8 nitrogen and oxygen atoms in total. The molecule has 1 atom stereocenters. The molecule has 0 fully saturated rings. The number of fused-ring (bicyclic) bond motifs is 1. The maximum atomic E-state index is 13.0. The maximum absolute atomic E-state index is 13.0. The Morgan fingerprint density at radius 3 is 2.55 bits per heavy atom. The van der Waals surface area contributed by atoms with Gasteiger partial charge in [-0.3, -0.25) is 4.79 Å². The highest BCUT2D eigenvalue weighted by Gasteiger charge is 2.33. The van der Waals surface area contributed by atoms with E-state index in [1.807, 2.05) is 42.5 Å². The van der Waals surface area contributed by atoms with Crippen LogP contribution in [0.4, 0.5) is 4.79 Å². The average molecular weight is 440 g/mol. The van der Waals surface area contributed by atoms with Crippen LogP contribution in [0.15, 0.2) is 87.3 Å². The quantitative estimate of drug-likeness (QED) is 0.469. The van der Waals surface area contributed by atoms with Crippen LogP contribution < -0.4 is 16.3 Å². The van der Waals surface area contributed by atoms with Crippen LogP contribution in [0.3, 0.4) is 0 Å². The Kier molecular flexibility index (Phi) is 4.90. The van der Waals surface area contributed by atoms with Crippen LogP contribution in [0.2, 0.25) is 0 Å². The molecule has 0 saturated heterocycles. The van der Waals surface area contributed by atoms with Gasteiger partial charge in [0.05, 0.1) is 17.3 Å². The summed E-state index contributed by atoms with van der Waals surface area (Å²) in [5.41, 5.74) is 2.61. The minimum atomic E-state index is -0.783. The van der Waals surface area contributed by atoms with Gasteiger partial charge in [-0.25, -0.2) is 14.3 Å². The van der Waals surface area contributed by atoms with Gasteiger partial charge >= 0.3 is 11.7 Å². The van der Waals surface area contributed by atoms with Crippen LogP contribution in [0.25, 0.3) is 27.9 Å². The van der Waals surface area contributed by atoms with Crippen molar-refractivity contribution in [2.75, 3.05) is 0 Å². The number of para-hydroxylation sites is 2. The number of nitrogens with one attached hydrogen (secondary N) is 2. The number of allylic oxidation sites excluding steroid dienone is 1. The standard InChI is InChI=1S/C25H20N4O4/c1-14-21(15(2)30)23(27-25(32)26-14)19-13-29(17-9-4-3-5-10-17)28-22(19)18-12-16-8-6-7-11-20(16)33-24(18)31/h3-13,23H,1-2H3,(H2,26,27,32). The van der Waals surface area contributed by atoms with E-state index in [9.17, 15) is 14.4 Å². The van der Waals surface area contributed by atoms with E-state index in [1.165, 1.54) is 6.92 Å². The number of aromatic nitrogens is 2. The number of nitrogens with zero attached hydrogens (tertiary/aromatic N) is 2. The molecule has 0 bridgehead atoms. The third-order valence-corrected chi connectivity index (χ3v) is 5.62. The Morgan fingerprint density at radius 2 is 1.79 bits per heavy atom. The molecular formula is C25H20N4O4. The molecule has 0 spiro atoms. The van der Waals surface area contributed by atoms with E-state index < -0.39 is 17.7 Å². The molecule has 0 saturated carbocycles. The van der Waals surface area contributed by atoms with E-state index in [1.54, 1.807) is 36.0 Å². The predicted octanol–water partition coefficient (Wildman–Crippen LogP) is 3.86. The second kappa shape index (κ2) is 7.90. The fourth-order valence-electron chi connectivity index (χ4n) is 4.14. The molecule has 2 N–H and O–H groups in total. The summed E-state index contributed by atoms with van der Waals surface area (Å²) in [4.78, 5) is 37.8. The summed E-state index contributed by atoms with van der Waals surface area (Å²) >= 11 is 0. The van der Waals surface area contributed by atoms with Crippen molar-refractivity contribution in [3.63, 3.8) is 0 Å². The number of ketones is 1. The van der Waals surface area contributed by atoms with Crippen LogP contribution in [-0.2, 0) is 4.79 Å². The molecule has 5 rings (SSSR count). The smallest absolute Gasteiger partial charge is 0.345 e. The Labute approximate surface area is 188 Å². The molecule has 1 unspecified atom stereocenters. The van der Waals surface area contributed by atoms with Gasteiger partial charge < -0.3 is 15.1 Å². The van der Waals surface area contributed by atoms with E-state index >= 15 is 0 Å². The third-order valence-electron chi connectivity index (χ3n) is 5.62. The van der Waals surface area contributed by atoms with Crippen molar-refractivity contribution in [3.8, 4) is 16.9 Å². The van der Waals surface area contributed by atoms with Crippen molar-refractivity contribution in [2.24, 2.45) is 0 Å². The predicted molar refractivity (Wildman–Crippen MR) is 123 cm³/mol. The molecule has 1 aliphatic heterocycles. The van der Waals surface area contributed by atoms with E-state index in [0.29, 0.717) is 28.1 Å². The van der Waals surface area contributed by atoms with Gasteiger partial charge in [0, 0.05) is 28.4 Å². The molecule has 0 aliphatic carbocycles. The van der Waals surface area contributed by atoms with Crippen LogP contribution in [0.5, 0.6) is 0 Å². The monoisotopic (exact) mass is 440 g/mol. The van der Waals surface area contributed by atoms with Crippen molar-refractivity contribution >= 4 is 22.8 Å². The first-order valence-electron chi connectivity index (χ1n) is 10.4. The van der Waals surface area contributed by atoms with Gasteiger partial charge in [-0.15, -0.1) is 0 Å². The highest BCUT2D eigenvalue weighted by atomic mass is 16.4. The summed E-state index contributed by atoms with van der Waals surface area (Å²) < 4.78 is 7.16. The molecular weight excluding hydrogens is 420 g/mol. The van der Waals surface area contributed by atoms with Gasteiger partial charge in [-0.1, -0.05) is 36.4 Å². The second-order valence-electron chi connectivity index (χ2n) is 7.82. The van der Waals surface area contributed by atoms with Crippen molar-refractivity contribution in [2.45, 2.75) is 19.9 Å². The minimum absolute atomic E-state index is 0.200. The van der Waals surface area contributed by atoms with Gasteiger partial charge in [0.25, 0.3) is 0 Å². The first kappa shape index (κ1) is 20.4. The molecule has 33 heavy (non-hydrogen) atoms. The third kappa shape index (κ3) is 3.61. The first-order chi connectivity index (χ1) is 15.9. The number of carbonyl (C=O) groups is 2. The number of benzene rings is 2. The lowest BCUT2D eigenvalue weighted by atomic mass is 9.92. The first-order valence-corrected chi connectivity index (χ1v) is 10.4. The van der Waals surface area contributed by atoms with Crippen LogP contribution in [0.1, 0.15) is 25.5 Å². The summed E-state index contributed by atoms with van der Waals surface area (Å²) in [5, 5.41) is 10.9. The molecule has 2 aromatic carbocycles. The second-order valence-corrected chi connectivity index (χ2v) is 7.82. The highest BCUT2D eigenvalue weighted by Crippen LogP contribution is 2.34. The molecule has 3 heterocycles. The zero-order valence-corrected chi connectivity index (χ0v) is 18.0. The summed E-state index contributed by atoms with van der Waals surface area (Å²) in [5.74, 6) is -0.200. The topological polar surface area (TPSA) is 106 Å². The van der Waals surface area contributed by atoms with Crippen molar-refractivity contribution in [1.82, 2.24) is 20.4 Å². The average Bonchev–Trinajstić information content (AvgIpc) is 3.23. The number of urea groups is 1. The molecule has 8 heteroatoms. The Morgan fingerprint density at radius 1 is 1.06 bits per heavy atom. The van der Waals surface area contributed by atoms with E-state index in [0.717, 1.165) is 11.1 Å². The molecule has 1 aliphatic rings. The summed E-state index contributed by atoms with van der Waals surface area (Å²) in [6.45, 7) is 3.12. The van der Waals surface area contributed by atoms with Gasteiger partial charge in [0.15, 0.2) is 5.78 Å². The summed E-state index contributed by atoms with van der Waals surface area (Å²) in [7, 11) is 0. The zero-order valence-electron chi connectivity index (χ0n) is 18.0. The van der Waals surface area contributed by atoms with Gasteiger partial charge in [-0.05, 0) is 38.1 Å². The lowest BCUT2D eigenvalue weighted by Gasteiger charge is -2.27. The number of amides is 2. The lowest BCUT2D eigenvalue weighted by Crippen LogP contribution is -2.44. The zero-order chi connectivity index (χ0) is 23.1. The molecule has 2 amide bonds. The van der Waals surface area contributed by atoms with Gasteiger partial charge in [0.1, 0.15) is 11.3 Å². The van der Waals surface area contributed by atoms with Crippen molar-refractivity contribution < 1.29 is 14.0 Å². The number of hydrogen-bond acceptors (Lipinski definition) is 5. The Balaban J connectivity index is 1.78. The van der Waals surface area contributed by atoms with E-state index in [4.69, 9.17) is 4.42 Å². The number of hydrogen-bond donors (Lipinski definition) is 2. The summed E-state index contributed by atoms with van der Waals surface area (Å²) in [6.07, 6.45) is 1.73. The van der Waals surface area contributed by atoms with E-state index in [-0.39, 0.29) is 11.3 Å². The SMILES string of the molecule is CC(=O)C1=C(C)NC(=O)NC1c1cn(-c2ccccc2)nc1-c1cc2ccccc2oc1=O. The normalized spacial score (nSPS) is 15.9. The fourth-order valence-corrected chi connectivity index (χ4v) is 4.14. The number of carbonyl (C=O) groups excluding carboxylic acids is 2. The van der Waals surface area contributed by atoms with Crippen molar-refractivity contribution in [3.05, 3.63) is 94.1 Å². The van der Waals surface area contributed by atoms with Crippen LogP contribution in [0, 0.1) is 0 Å². The molecule has 4 aromatic rings. The summed E-state index contributed by atoms with van der Waals surface area (Å²) in [6, 6.07) is 17.1. The Bertz CT molecular complexity index is 1500. The Hall–Kier alpha value is -4.46. The lowest BCUT2D eigenvalue weighted by molar-refractivity contribution is -0.114. The number of rotatable bonds is 4. The van der Waals surface area contributed by atoms with Crippen LogP contribution >= 0.6 is 0 Å². The van der Waals surface area contributed by atoms with Crippen molar-refractivity contribution in [1.29, 1.82) is 0 Å². The molecule has 2 aromatic heterocycles. The minimum Gasteiger partial charge on any atom is -0.422 e. The molecule has 0 radical (unpaired) electrons. The van der Waals surface area contributed by atoms with Gasteiger partial charge in [0.2, 0.25) is 0 Å². The van der Waals surface area contributed by atoms with Crippen LogP contribution in [-0.4, -0.2) is 21.6 Å². The van der Waals surface area contributed by atoms with Gasteiger partial charge in [-0.2, -0.15) is 5.10 Å². The highest BCUT2D eigenvalue weighted by molar-refractivity contribution is 5.99. The van der Waals surface area contributed by atoms with E-state index in [2.05, 4.69) is 15.7 Å². The molecule has 164 valence electrons. The maximum Gasteiger partial charge on any atom is 0.345 e.